The Labute approximate surface area is 116 Å². The van der Waals surface area contributed by atoms with E-state index < -0.39 is 15.4 Å². The van der Waals surface area contributed by atoms with Gasteiger partial charge in [0.1, 0.15) is 0 Å². The van der Waals surface area contributed by atoms with Crippen LogP contribution in [0.1, 0.15) is 17.3 Å². The van der Waals surface area contributed by atoms with Crippen LogP contribution in [0.25, 0.3) is 0 Å². The molecule has 17 heavy (non-hydrogen) atoms. The van der Waals surface area contributed by atoms with E-state index in [9.17, 15) is 13.6 Å². The molecule has 1 unspecified atom stereocenters. The lowest BCUT2D eigenvalue weighted by atomic mass is 9.99. The number of rotatable bonds is 4. The van der Waals surface area contributed by atoms with Gasteiger partial charge in [-0.3, -0.25) is 4.79 Å². The number of benzene rings is 1. The SMILES string of the molecule is CSC(F)(F)C(C)(Br)C(=O)c1ccc(Cl)cc1. The highest BCUT2D eigenvalue weighted by molar-refractivity contribution is 9.10. The predicted octanol–water partition coefficient (Wildman–Crippen LogP) is 4.63. The van der Waals surface area contributed by atoms with Gasteiger partial charge in [-0.25, -0.2) is 0 Å². The van der Waals surface area contributed by atoms with E-state index in [4.69, 9.17) is 11.6 Å². The van der Waals surface area contributed by atoms with Crippen LogP contribution < -0.4 is 0 Å². The highest BCUT2D eigenvalue weighted by Crippen LogP contribution is 2.45. The first-order chi connectivity index (χ1) is 7.72. The van der Waals surface area contributed by atoms with Gasteiger partial charge >= 0.3 is 5.25 Å². The van der Waals surface area contributed by atoms with Crippen molar-refractivity contribution in [3.05, 3.63) is 34.9 Å². The quantitative estimate of drug-likeness (QED) is 0.585. The van der Waals surface area contributed by atoms with Gasteiger partial charge in [-0.15, -0.1) is 0 Å². The van der Waals surface area contributed by atoms with E-state index in [2.05, 4.69) is 15.9 Å². The van der Waals surface area contributed by atoms with Crippen LogP contribution >= 0.6 is 39.3 Å². The Hall–Kier alpha value is -0.130. The third kappa shape index (κ3) is 3.01. The van der Waals surface area contributed by atoms with Gasteiger partial charge in [-0.2, -0.15) is 8.78 Å². The number of hydrogen-bond acceptors (Lipinski definition) is 2. The number of thioether (sulfide) groups is 1. The molecule has 0 aliphatic rings. The van der Waals surface area contributed by atoms with Gasteiger partial charge in [0.15, 0.2) is 10.1 Å². The van der Waals surface area contributed by atoms with Crippen LogP contribution in [0.15, 0.2) is 24.3 Å². The standard InChI is InChI=1S/C11H10BrClF2OS/c1-10(12,11(14,15)17-2)9(16)7-3-5-8(13)6-4-7/h3-6H,1-2H3. The van der Waals surface area contributed by atoms with Crippen molar-refractivity contribution in [1.82, 2.24) is 0 Å². The largest absolute Gasteiger partial charge is 0.315 e. The fourth-order valence-electron chi connectivity index (χ4n) is 1.20. The van der Waals surface area contributed by atoms with Gasteiger partial charge in [-0.1, -0.05) is 39.3 Å². The molecule has 0 radical (unpaired) electrons. The molecule has 1 nitrogen and oxygen atoms in total. The number of alkyl halides is 3. The van der Waals surface area contributed by atoms with E-state index >= 15 is 0 Å². The van der Waals surface area contributed by atoms with Crippen LogP contribution in [0, 0.1) is 0 Å². The van der Waals surface area contributed by atoms with E-state index in [1.165, 1.54) is 37.4 Å². The first-order valence-corrected chi connectivity index (χ1v) is 7.04. The predicted molar refractivity (Wildman–Crippen MR) is 71.6 cm³/mol. The zero-order chi connectivity index (χ0) is 13.3. The van der Waals surface area contributed by atoms with Crippen molar-refractivity contribution in [1.29, 1.82) is 0 Å². The van der Waals surface area contributed by atoms with Gasteiger partial charge < -0.3 is 0 Å². The van der Waals surface area contributed by atoms with Gasteiger partial charge in [0.2, 0.25) is 0 Å². The Morgan fingerprint density at radius 1 is 1.35 bits per heavy atom. The topological polar surface area (TPSA) is 17.1 Å². The molecule has 0 fully saturated rings. The summed E-state index contributed by atoms with van der Waals surface area (Å²) >= 11 is 8.84. The fourth-order valence-corrected chi connectivity index (χ4v) is 2.51. The Balaban J connectivity index is 3.08. The molecule has 0 heterocycles. The minimum Gasteiger partial charge on any atom is -0.292 e. The van der Waals surface area contributed by atoms with E-state index in [0.29, 0.717) is 16.8 Å². The summed E-state index contributed by atoms with van der Waals surface area (Å²) in [6.07, 6.45) is 1.26. The molecule has 1 rings (SSSR count). The lowest BCUT2D eigenvalue weighted by Gasteiger charge is -2.29. The maximum absolute atomic E-state index is 13.6. The van der Waals surface area contributed by atoms with Crippen LogP contribution in [-0.2, 0) is 0 Å². The number of Topliss-reactive ketones (excluding diaryl/α,β-unsaturated/α-hetero) is 1. The molecule has 6 heteroatoms. The normalized spacial score (nSPS) is 15.4. The van der Waals surface area contributed by atoms with E-state index in [-0.39, 0.29) is 5.56 Å². The van der Waals surface area contributed by atoms with Gasteiger partial charge in [0, 0.05) is 10.6 Å². The summed E-state index contributed by atoms with van der Waals surface area (Å²) in [4.78, 5) is 12.0. The van der Waals surface area contributed by atoms with Crippen LogP contribution in [0.5, 0.6) is 0 Å². The Morgan fingerprint density at radius 3 is 2.24 bits per heavy atom. The van der Waals surface area contributed by atoms with Crippen LogP contribution in [0.4, 0.5) is 8.78 Å². The highest BCUT2D eigenvalue weighted by atomic mass is 79.9. The smallest absolute Gasteiger partial charge is 0.292 e. The van der Waals surface area contributed by atoms with Crippen molar-refractivity contribution in [2.24, 2.45) is 0 Å². The summed E-state index contributed by atoms with van der Waals surface area (Å²) in [7, 11) is 0. The van der Waals surface area contributed by atoms with Crippen LogP contribution in [0.3, 0.4) is 0 Å². The summed E-state index contributed by atoms with van der Waals surface area (Å²) in [5.74, 6) is -0.673. The maximum Gasteiger partial charge on any atom is 0.315 e. The Morgan fingerprint density at radius 2 is 1.82 bits per heavy atom. The number of carbonyl (C=O) groups excluding carboxylic acids is 1. The molecule has 0 aliphatic carbocycles. The lowest BCUT2D eigenvalue weighted by molar-refractivity contribution is 0.0542. The van der Waals surface area contributed by atoms with E-state index in [1.54, 1.807) is 0 Å². The lowest BCUT2D eigenvalue weighted by Crippen LogP contribution is -2.44. The Bertz CT molecular complexity index is 420. The molecule has 0 spiro atoms. The molecule has 0 aliphatic heterocycles. The second-order valence-electron chi connectivity index (χ2n) is 3.56. The molecule has 1 aromatic carbocycles. The average molecular weight is 344 g/mol. The number of carbonyl (C=O) groups is 1. The van der Waals surface area contributed by atoms with E-state index in [0.717, 1.165) is 0 Å². The second-order valence-corrected chi connectivity index (χ2v) is 6.50. The summed E-state index contributed by atoms with van der Waals surface area (Å²) in [6.45, 7) is 1.17. The molecule has 1 aromatic rings. The molecule has 0 saturated carbocycles. The molecule has 0 amide bonds. The fraction of sp³-hybridized carbons (Fsp3) is 0.364. The van der Waals surface area contributed by atoms with Crippen molar-refractivity contribution < 1.29 is 13.6 Å². The molecule has 0 saturated heterocycles. The molecular weight excluding hydrogens is 334 g/mol. The zero-order valence-electron chi connectivity index (χ0n) is 9.14. The maximum atomic E-state index is 13.6. The third-order valence-corrected chi connectivity index (χ3v) is 4.63. The monoisotopic (exact) mass is 342 g/mol. The van der Waals surface area contributed by atoms with Crippen molar-refractivity contribution in [2.75, 3.05) is 6.26 Å². The molecule has 94 valence electrons. The second kappa shape index (κ2) is 5.24. The molecule has 0 bridgehead atoms. The zero-order valence-corrected chi connectivity index (χ0v) is 12.3. The summed E-state index contributed by atoms with van der Waals surface area (Å²) in [5, 5.41) is -2.74. The van der Waals surface area contributed by atoms with E-state index in [1.807, 2.05) is 0 Å². The number of halogens is 4. The van der Waals surface area contributed by atoms with Crippen molar-refractivity contribution in [2.45, 2.75) is 16.5 Å². The average Bonchev–Trinajstić information content (AvgIpc) is 2.28. The van der Waals surface area contributed by atoms with Gasteiger partial charge in [0.25, 0.3) is 0 Å². The highest BCUT2D eigenvalue weighted by Gasteiger charge is 2.53. The first kappa shape index (κ1) is 14.9. The van der Waals surface area contributed by atoms with Gasteiger partial charge in [0.05, 0.1) is 0 Å². The van der Waals surface area contributed by atoms with Crippen molar-refractivity contribution >= 4 is 45.1 Å². The third-order valence-electron chi connectivity index (χ3n) is 2.34. The Kier molecular flexibility index (Phi) is 4.60. The molecule has 1 atom stereocenters. The van der Waals surface area contributed by atoms with Gasteiger partial charge in [-0.05, 0) is 37.4 Å². The summed E-state index contributed by atoms with van der Waals surface area (Å²) in [5.41, 5.74) is 0.197. The minimum absolute atomic E-state index is 0.197. The number of ketones is 1. The number of hydrogen-bond donors (Lipinski definition) is 0. The molecular formula is C11H10BrClF2OS. The minimum atomic E-state index is -3.19. The summed E-state index contributed by atoms with van der Waals surface area (Å²) < 4.78 is 25.3. The van der Waals surface area contributed by atoms with Crippen molar-refractivity contribution in [3.8, 4) is 0 Å². The molecule has 0 N–H and O–H groups in total. The first-order valence-electron chi connectivity index (χ1n) is 4.64. The van der Waals surface area contributed by atoms with Crippen LogP contribution in [0.2, 0.25) is 5.02 Å². The summed E-state index contributed by atoms with van der Waals surface area (Å²) in [6, 6.07) is 5.85. The van der Waals surface area contributed by atoms with Crippen molar-refractivity contribution in [3.63, 3.8) is 0 Å². The van der Waals surface area contributed by atoms with Crippen LogP contribution in [-0.4, -0.2) is 21.6 Å². The molecule has 0 aromatic heterocycles.